The SMILES string of the molecule is Cc1ccccc1C1C[C@@H](C)CCC1=O. The van der Waals surface area contributed by atoms with E-state index in [0.717, 1.165) is 19.3 Å². The highest BCUT2D eigenvalue weighted by Gasteiger charge is 2.28. The highest BCUT2D eigenvalue weighted by atomic mass is 16.1. The lowest BCUT2D eigenvalue weighted by atomic mass is 9.77. The molecule has 0 amide bonds. The van der Waals surface area contributed by atoms with Crippen molar-refractivity contribution in [2.75, 3.05) is 0 Å². The molecular formula is C14H18O. The number of hydrogen-bond acceptors (Lipinski definition) is 1. The summed E-state index contributed by atoms with van der Waals surface area (Å²) in [5, 5.41) is 0. The fraction of sp³-hybridized carbons (Fsp3) is 0.500. The van der Waals surface area contributed by atoms with E-state index in [4.69, 9.17) is 0 Å². The Labute approximate surface area is 91.5 Å². The number of ketones is 1. The molecule has 0 aliphatic heterocycles. The zero-order valence-electron chi connectivity index (χ0n) is 9.49. The van der Waals surface area contributed by atoms with Gasteiger partial charge in [0.05, 0.1) is 0 Å². The molecule has 0 bridgehead atoms. The van der Waals surface area contributed by atoms with Crippen molar-refractivity contribution in [1.82, 2.24) is 0 Å². The van der Waals surface area contributed by atoms with E-state index < -0.39 is 0 Å². The molecule has 1 saturated carbocycles. The summed E-state index contributed by atoms with van der Waals surface area (Å²) in [6.45, 7) is 4.35. The normalized spacial score (nSPS) is 26.7. The van der Waals surface area contributed by atoms with Crippen LogP contribution in [0.5, 0.6) is 0 Å². The van der Waals surface area contributed by atoms with E-state index in [-0.39, 0.29) is 5.92 Å². The van der Waals surface area contributed by atoms with Crippen LogP contribution >= 0.6 is 0 Å². The molecule has 1 nitrogen and oxygen atoms in total. The molecular weight excluding hydrogens is 184 g/mol. The minimum Gasteiger partial charge on any atom is -0.299 e. The van der Waals surface area contributed by atoms with Gasteiger partial charge in [-0.05, 0) is 36.8 Å². The van der Waals surface area contributed by atoms with Crippen LogP contribution in [0.1, 0.15) is 43.2 Å². The average molecular weight is 202 g/mol. The number of carbonyl (C=O) groups excluding carboxylic acids is 1. The van der Waals surface area contributed by atoms with Gasteiger partial charge in [0.2, 0.25) is 0 Å². The lowest BCUT2D eigenvalue weighted by Gasteiger charge is -2.26. The minimum atomic E-state index is 0.162. The number of rotatable bonds is 1. The van der Waals surface area contributed by atoms with Crippen LogP contribution in [0.2, 0.25) is 0 Å². The van der Waals surface area contributed by atoms with Gasteiger partial charge in [-0.3, -0.25) is 4.79 Å². The van der Waals surface area contributed by atoms with Crippen LogP contribution in [-0.2, 0) is 4.79 Å². The number of hydrogen-bond donors (Lipinski definition) is 0. The van der Waals surface area contributed by atoms with Crippen LogP contribution in [0, 0.1) is 12.8 Å². The molecule has 0 heterocycles. The van der Waals surface area contributed by atoms with E-state index in [1.165, 1.54) is 11.1 Å². The molecule has 2 atom stereocenters. The predicted octanol–water partition coefficient (Wildman–Crippen LogP) is 3.47. The summed E-state index contributed by atoms with van der Waals surface area (Å²) in [7, 11) is 0. The summed E-state index contributed by atoms with van der Waals surface area (Å²) >= 11 is 0. The first-order chi connectivity index (χ1) is 7.18. The average Bonchev–Trinajstić information content (AvgIpc) is 2.23. The first kappa shape index (κ1) is 10.4. The van der Waals surface area contributed by atoms with E-state index >= 15 is 0 Å². The monoisotopic (exact) mass is 202 g/mol. The van der Waals surface area contributed by atoms with E-state index in [1.807, 2.05) is 12.1 Å². The Hall–Kier alpha value is -1.11. The number of aryl methyl sites for hydroxylation is 1. The zero-order valence-corrected chi connectivity index (χ0v) is 9.49. The molecule has 15 heavy (non-hydrogen) atoms. The number of benzene rings is 1. The smallest absolute Gasteiger partial charge is 0.140 e. The summed E-state index contributed by atoms with van der Waals surface area (Å²) in [5.41, 5.74) is 2.50. The second-order valence-electron chi connectivity index (χ2n) is 4.76. The lowest BCUT2D eigenvalue weighted by Crippen LogP contribution is -2.22. The molecule has 1 heteroatoms. The Morgan fingerprint density at radius 2 is 2.00 bits per heavy atom. The molecule has 0 saturated heterocycles. The van der Waals surface area contributed by atoms with Gasteiger partial charge >= 0.3 is 0 Å². The van der Waals surface area contributed by atoms with E-state index in [2.05, 4.69) is 26.0 Å². The fourth-order valence-corrected chi connectivity index (χ4v) is 2.49. The van der Waals surface area contributed by atoms with Crippen molar-refractivity contribution in [1.29, 1.82) is 0 Å². The minimum absolute atomic E-state index is 0.162. The standard InChI is InChI=1S/C14H18O/c1-10-7-8-14(15)13(9-10)12-6-4-3-5-11(12)2/h3-6,10,13H,7-9H2,1-2H3/t10-,13?/m0/s1. The Balaban J connectivity index is 2.29. The lowest BCUT2D eigenvalue weighted by molar-refractivity contribution is -0.122. The highest BCUT2D eigenvalue weighted by Crippen LogP contribution is 2.34. The molecule has 1 fully saturated rings. The van der Waals surface area contributed by atoms with E-state index in [1.54, 1.807) is 0 Å². The van der Waals surface area contributed by atoms with Gasteiger partial charge in [0.1, 0.15) is 5.78 Å². The molecule has 0 aromatic heterocycles. The topological polar surface area (TPSA) is 17.1 Å². The quantitative estimate of drug-likeness (QED) is 0.681. The summed E-state index contributed by atoms with van der Waals surface area (Å²) < 4.78 is 0. The highest BCUT2D eigenvalue weighted by molar-refractivity contribution is 5.86. The maximum absolute atomic E-state index is 11.9. The van der Waals surface area contributed by atoms with Crippen molar-refractivity contribution in [3.05, 3.63) is 35.4 Å². The Kier molecular flexibility index (Phi) is 2.90. The maximum atomic E-state index is 11.9. The number of Topliss-reactive ketones (excluding diaryl/α,β-unsaturated/α-hetero) is 1. The molecule has 1 aliphatic rings. The van der Waals surface area contributed by atoms with Crippen LogP contribution in [0.15, 0.2) is 24.3 Å². The van der Waals surface area contributed by atoms with Gasteiger partial charge in [0.15, 0.2) is 0 Å². The summed E-state index contributed by atoms with van der Waals surface area (Å²) in [4.78, 5) is 11.9. The van der Waals surface area contributed by atoms with Gasteiger partial charge in [-0.1, -0.05) is 31.2 Å². The molecule has 0 radical (unpaired) electrons. The van der Waals surface area contributed by atoms with Gasteiger partial charge in [0.25, 0.3) is 0 Å². The van der Waals surface area contributed by atoms with Gasteiger partial charge in [-0.15, -0.1) is 0 Å². The van der Waals surface area contributed by atoms with Crippen molar-refractivity contribution in [2.24, 2.45) is 5.92 Å². The van der Waals surface area contributed by atoms with Crippen LogP contribution in [0.25, 0.3) is 0 Å². The van der Waals surface area contributed by atoms with E-state index in [9.17, 15) is 4.79 Å². The molecule has 1 aromatic rings. The van der Waals surface area contributed by atoms with Crippen molar-refractivity contribution in [3.63, 3.8) is 0 Å². The van der Waals surface area contributed by atoms with Gasteiger partial charge in [0, 0.05) is 12.3 Å². The second-order valence-corrected chi connectivity index (χ2v) is 4.76. The molecule has 80 valence electrons. The summed E-state index contributed by atoms with van der Waals surface area (Å²) in [5.74, 6) is 1.28. The van der Waals surface area contributed by atoms with Crippen LogP contribution in [0.4, 0.5) is 0 Å². The Morgan fingerprint density at radius 1 is 1.27 bits per heavy atom. The van der Waals surface area contributed by atoms with Crippen LogP contribution < -0.4 is 0 Å². The third-order valence-corrected chi connectivity index (χ3v) is 3.47. The van der Waals surface area contributed by atoms with Crippen molar-refractivity contribution in [2.45, 2.75) is 39.0 Å². The zero-order chi connectivity index (χ0) is 10.8. The summed E-state index contributed by atoms with van der Waals surface area (Å²) in [6.07, 6.45) is 2.87. The van der Waals surface area contributed by atoms with Gasteiger partial charge < -0.3 is 0 Å². The van der Waals surface area contributed by atoms with Gasteiger partial charge in [-0.2, -0.15) is 0 Å². The Bertz CT molecular complexity index is 367. The maximum Gasteiger partial charge on any atom is 0.140 e. The molecule has 0 N–H and O–H groups in total. The fourth-order valence-electron chi connectivity index (χ4n) is 2.49. The molecule has 2 rings (SSSR count). The van der Waals surface area contributed by atoms with Gasteiger partial charge in [-0.25, -0.2) is 0 Å². The third-order valence-electron chi connectivity index (χ3n) is 3.47. The predicted molar refractivity (Wildman–Crippen MR) is 61.9 cm³/mol. The molecule has 1 aromatic carbocycles. The third kappa shape index (κ3) is 2.11. The van der Waals surface area contributed by atoms with Crippen molar-refractivity contribution in [3.8, 4) is 0 Å². The second kappa shape index (κ2) is 4.18. The van der Waals surface area contributed by atoms with Crippen LogP contribution in [-0.4, -0.2) is 5.78 Å². The first-order valence-electron chi connectivity index (χ1n) is 5.76. The van der Waals surface area contributed by atoms with Crippen molar-refractivity contribution >= 4 is 5.78 Å². The number of carbonyl (C=O) groups is 1. The van der Waals surface area contributed by atoms with Crippen LogP contribution in [0.3, 0.4) is 0 Å². The molecule has 1 unspecified atom stereocenters. The molecule has 1 aliphatic carbocycles. The molecule has 0 spiro atoms. The Morgan fingerprint density at radius 3 is 2.73 bits per heavy atom. The van der Waals surface area contributed by atoms with Crippen molar-refractivity contribution < 1.29 is 4.79 Å². The summed E-state index contributed by atoms with van der Waals surface area (Å²) in [6, 6.07) is 8.28. The van der Waals surface area contributed by atoms with E-state index in [0.29, 0.717) is 11.7 Å². The first-order valence-corrected chi connectivity index (χ1v) is 5.76. The largest absolute Gasteiger partial charge is 0.299 e.